The fourth-order valence-corrected chi connectivity index (χ4v) is 3.31. The van der Waals surface area contributed by atoms with Crippen molar-refractivity contribution in [2.45, 2.75) is 43.5 Å². The predicted octanol–water partition coefficient (Wildman–Crippen LogP) is 0.343. The Hall–Kier alpha value is -3.07. The topological polar surface area (TPSA) is 135 Å². The Kier molecular flexibility index (Phi) is 5.27. The molecule has 0 spiro atoms. The van der Waals surface area contributed by atoms with Crippen LogP contribution in [0.3, 0.4) is 0 Å². The predicted molar refractivity (Wildman–Crippen MR) is 108 cm³/mol. The molecule has 2 aromatic heterocycles. The van der Waals surface area contributed by atoms with E-state index in [1.807, 2.05) is 30.3 Å². The van der Waals surface area contributed by atoms with E-state index in [1.54, 1.807) is 0 Å². The first-order chi connectivity index (χ1) is 15.1. The van der Waals surface area contributed by atoms with Crippen LogP contribution in [0.4, 0.5) is 5.82 Å². The number of imidazole rings is 1. The monoisotopic (exact) mass is 423 g/mol. The van der Waals surface area contributed by atoms with E-state index in [2.05, 4.69) is 32.3 Å². The fraction of sp³-hybridized carbons (Fsp3) is 0.381. The van der Waals surface area contributed by atoms with Crippen LogP contribution in [-0.4, -0.2) is 65.9 Å². The molecule has 3 aromatic rings. The molecule has 0 amide bonds. The molecule has 1 aliphatic carbocycles. The average molecular weight is 423 g/mol. The number of nitrogens with zero attached hydrogens (tertiary/aromatic N) is 4. The number of aliphatic hydroxyl groups is 3. The number of hydrogen-bond donors (Lipinski definition) is 4. The standard InChI is InChI=1S/C21H21N5O5/c27-10-14-17(28)18(29)21(30-14)26-11-22-16-19(25-31-13-7-8-13)23-15(24-20(16)26)9-6-12-4-2-1-3-5-12/h1-5,11,13-14,17-18,21,27-29H,7-8,10H2,(H,23,24,25)/t14-,17-,18-,21-/m1/s1. The minimum absolute atomic E-state index is 0.131. The van der Waals surface area contributed by atoms with Crippen molar-refractivity contribution in [1.82, 2.24) is 19.5 Å². The zero-order valence-electron chi connectivity index (χ0n) is 16.4. The van der Waals surface area contributed by atoms with Gasteiger partial charge in [-0.25, -0.2) is 15.4 Å². The Labute approximate surface area is 177 Å². The van der Waals surface area contributed by atoms with E-state index in [9.17, 15) is 15.3 Å². The third-order valence-corrected chi connectivity index (χ3v) is 5.15. The van der Waals surface area contributed by atoms with Crippen molar-refractivity contribution in [3.8, 4) is 11.8 Å². The summed E-state index contributed by atoms with van der Waals surface area (Å²) in [6.45, 7) is -0.424. The molecule has 10 heteroatoms. The molecule has 0 radical (unpaired) electrons. The molecule has 5 rings (SSSR count). The number of aliphatic hydroxyl groups excluding tert-OH is 3. The van der Waals surface area contributed by atoms with E-state index in [0.29, 0.717) is 17.0 Å². The molecule has 3 heterocycles. The Morgan fingerprint density at radius 3 is 2.65 bits per heavy atom. The first-order valence-electron chi connectivity index (χ1n) is 10.00. The number of anilines is 1. The zero-order valence-corrected chi connectivity index (χ0v) is 16.4. The summed E-state index contributed by atoms with van der Waals surface area (Å²) in [4.78, 5) is 18.8. The van der Waals surface area contributed by atoms with Crippen molar-refractivity contribution in [3.05, 3.63) is 48.0 Å². The Balaban J connectivity index is 1.55. The molecule has 160 valence electrons. The van der Waals surface area contributed by atoms with Gasteiger partial charge in [-0.1, -0.05) is 24.1 Å². The molecule has 1 aromatic carbocycles. The van der Waals surface area contributed by atoms with Crippen molar-refractivity contribution in [2.75, 3.05) is 12.1 Å². The van der Waals surface area contributed by atoms with E-state index >= 15 is 0 Å². The maximum atomic E-state index is 10.4. The van der Waals surface area contributed by atoms with Crippen molar-refractivity contribution < 1.29 is 24.9 Å². The third kappa shape index (κ3) is 3.97. The second kappa shape index (κ2) is 8.22. The van der Waals surface area contributed by atoms with Crippen molar-refractivity contribution in [2.24, 2.45) is 0 Å². The highest BCUT2D eigenvalue weighted by Gasteiger charge is 2.44. The number of rotatable bonds is 5. The van der Waals surface area contributed by atoms with Gasteiger partial charge in [0.15, 0.2) is 23.2 Å². The number of hydrogen-bond acceptors (Lipinski definition) is 9. The van der Waals surface area contributed by atoms with Gasteiger partial charge in [0.1, 0.15) is 18.3 Å². The third-order valence-electron chi connectivity index (χ3n) is 5.15. The summed E-state index contributed by atoms with van der Waals surface area (Å²) >= 11 is 0. The van der Waals surface area contributed by atoms with Crippen molar-refractivity contribution in [1.29, 1.82) is 0 Å². The summed E-state index contributed by atoms with van der Waals surface area (Å²) in [6, 6.07) is 9.45. The molecule has 31 heavy (non-hydrogen) atoms. The van der Waals surface area contributed by atoms with E-state index in [0.717, 1.165) is 18.4 Å². The largest absolute Gasteiger partial charge is 0.394 e. The highest BCUT2D eigenvalue weighted by Crippen LogP contribution is 2.32. The maximum Gasteiger partial charge on any atom is 0.209 e. The van der Waals surface area contributed by atoms with Crippen LogP contribution in [-0.2, 0) is 9.57 Å². The van der Waals surface area contributed by atoms with Crippen LogP contribution in [0.15, 0.2) is 36.7 Å². The first-order valence-corrected chi connectivity index (χ1v) is 10.00. The Morgan fingerprint density at radius 2 is 1.94 bits per heavy atom. The lowest BCUT2D eigenvalue weighted by Crippen LogP contribution is -2.33. The number of ether oxygens (including phenoxy) is 1. The molecule has 4 N–H and O–H groups in total. The van der Waals surface area contributed by atoms with E-state index in [1.165, 1.54) is 10.9 Å². The van der Waals surface area contributed by atoms with Crippen molar-refractivity contribution >= 4 is 17.0 Å². The lowest BCUT2D eigenvalue weighted by atomic mass is 10.1. The quantitative estimate of drug-likeness (QED) is 0.338. The summed E-state index contributed by atoms with van der Waals surface area (Å²) in [7, 11) is 0. The molecular formula is C21H21N5O5. The zero-order chi connectivity index (χ0) is 21.4. The van der Waals surface area contributed by atoms with E-state index in [4.69, 9.17) is 9.57 Å². The lowest BCUT2D eigenvalue weighted by molar-refractivity contribution is -0.0511. The van der Waals surface area contributed by atoms with Crippen LogP contribution >= 0.6 is 0 Å². The van der Waals surface area contributed by atoms with E-state index < -0.39 is 31.1 Å². The molecule has 2 fully saturated rings. The van der Waals surface area contributed by atoms with Crippen LogP contribution in [0.2, 0.25) is 0 Å². The van der Waals surface area contributed by atoms with Gasteiger partial charge >= 0.3 is 0 Å². The molecule has 10 nitrogen and oxygen atoms in total. The molecule has 2 aliphatic rings. The fourth-order valence-electron chi connectivity index (χ4n) is 3.31. The normalized spacial score (nSPS) is 25.4. The van der Waals surface area contributed by atoms with Gasteiger partial charge in [-0.05, 0) is 30.9 Å². The molecule has 1 aliphatic heterocycles. The van der Waals surface area contributed by atoms with Crippen LogP contribution in [0.25, 0.3) is 11.2 Å². The van der Waals surface area contributed by atoms with Gasteiger partial charge in [0.25, 0.3) is 0 Å². The van der Waals surface area contributed by atoms with Crippen LogP contribution < -0.4 is 5.48 Å². The minimum atomic E-state index is -1.26. The average Bonchev–Trinajstić information content (AvgIpc) is 3.47. The van der Waals surface area contributed by atoms with Gasteiger partial charge in [-0.3, -0.25) is 9.40 Å². The Morgan fingerprint density at radius 1 is 1.13 bits per heavy atom. The summed E-state index contributed by atoms with van der Waals surface area (Å²) in [5.74, 6) is 6.53. The summed E-state index contributed by atoms with van der Waals surface area (Å²) in [5, 5.41) is 29.9. The highest BCUT2D eigenvalue weighted by atomic mass is 16.7. The second-order valence-electron chi connectivity index (χ2n) is 7.48. The maximum absolute atomic E-state index is 10.4. The number of aromatic nitrogens is 4. The Bertz CT molecular complexity index is 1140. The summed E-state index contributed by atoms with van der Waals surface area (Å²) in [5.41, 5.74) is 4.41. The van der Waals surface area contributed by atoms with Gasteiger partial charge in [0, 0.05) is 5.56 Å². The lowest BCUT2D eigenvalue weighted by Gasteiger charge is -2.16. The second-order valence-corrected chi connectivity index (χ2v) is 7.48. The van der Waals surface area contributed by atoms with Crippen LogP contribution in [0.1, 0.15) is 30.5 Å². The van der Waals surface area contributed by atoms with Crippen LogP contribution in [0, 0.1) is 11.8 Å². The van der Waals surface area contributed by atoms with Gasteiger partial charge in [-0.2, -0.15) is 4.98 Å². The SMILES string of the molecule is OC[C@H]1O[C@@H](n2cnc3c(NOC4CC4)nc(C#Cc4ccccc4)nc32)[C@H](O)[C@@H]1O. The number of fused-ring (bicyclic) bond motifs is 1. The van der Waals surface area contributed by atoms with Gasteiger partial charge in [0.05, 0.1) is 19.0 Å². The van der Waals surface area contributed by atoms with Gasteiger partial charge < -0.3 is 20.1 Å². The highest BCUT2D eigenvalue weighted by molar-refractivity contribution is 5.83. The summed E-state index contributed by atoms with van der Waals surface area (Å²) < 4.78 is 7.13. The first kappa shape index (κ1) is 19.9. The minimum Gasteiger partial charge on any atom is -0.394 e. The number of benzene rings is 1. The van der Waals surface area contributed by atoms with Crippen molar-refractivity contribution in [3.63, 3.8) is 0 Å². The summed E-state index contributed by atoms with van der Waals surface area (Å²) in [6.07, 6.45) is -0.864. The van der Waals surface area contributed by atoms with Gasteiger partial charge in [0.2, 0.25) is 5.82 Å². The molecular weight excluding hydrogens is 402 g/mol. The number of nitrogens with one attached hydrogen (secondary N) is 1. The van der Waals surface area contributed by atoms with Gasteiger partial charge in [-0.15, -0.1) is 0 Å². The molecule has 1 saturated carbocycles. The molecule has 0 unspecified atom stereocenters. The van der Waals surface area contributed by atoms with Crippen LogP contribution in [0.5, 0.6) is 0 Å². The smallest absolute Gasteiger partial charge is 0.209 e. The molecule has 4 atom stereocenters. The molecule has 1 saturated heterocycles. The molecule has 0 bridgehead atoms. The van der Waals surface area contributed by atoms with E-state index in [-0.39, 0.29) is 11.9 Å².